The molecule has 1 aromatic carbocycles. The summed E-state index contributed by atoms with van der Waals surface area (Å²) in [7, 11) is 3.55. The lowest BCUT2D eigenvalue weighted by atomic mass is 10.1. The van der Waals surface area contributed by atoms with Gasteiger partial charge < -0.3 is 24.4 Å². The number of ether oxygens (including phenoxy) is 3. The highest BCUT2D eigenvalue weighted by Gasteiger charge is 2.24. The summed E-state index contributed by atoms with van der Waals surface area (Å²) in [6, 6.07) is 10.5. The molecule has 0 aliphatic carbocycles. The van der Waals surface area contributed by atoms with E-state index in [1.165, 1.54) is 5.56 Å². The third kappa shape index (κ3) is 10.0. The fourth-order valence-corrected chi connectivity index (χ4v) is 3.20. The Morgan fingerprint density at radius 2 is 1.96 bits per heavy atom. The highest BCUT2D eigenvalue weighted by atomic mass is 127. The summed E-state index contributed by atoms with van der Waals surface area (Å²) >= 11 is 0. The Kier molecular flexibility index (Phi) is 14.3. The van der Waals surface area contributed by atoms with Crippen molar-refractivity contribution in [2.45, 2.75) is 19.3 Å². The van der Waals surface area contributed by atoms with Gasteiger partial charge in [-0.05, 0) is 24.8 Å². The van der Waals surface area contributed by atoms with E-state index < -0.39 is 0 Å². The number of guanidine groups is 1. The summed E-state index contributed by atoms with van der Waals surface area (Å²) in [4.78, 5) is 6.74. The largest absolute Gasteiger partial charge is 0.382 e. The van der Waals surface area contributed by atoms with Crippen molar-refractivity contribution >= 4 is 29.9 Å². The summed E-state index contributed by atoms with van der Waals surface area (Å²) in [6.07, 6.45) is 3.10. The van der Waals surface area contributed by atoms with Crippen LogP contribution in [-0.4, -0.2) is 77.7 Å². The second-order valence-electron chi connectivity index (χ2n) is 6.84. The van der Waals surface area contributed by atoms with Gasteiger partial charge in [0.2, 0.25) is 0 Å². The Balaban J connectivity index is 0.00000392. The van der Waals surface area contributed by atoms with Crippen LogP contribution < -0.4 is 5.32 Å². The molecule has 0 saturated carbocycles. The van der Waals surface area contributed by atoms with Crippen LogP contribution in [0.3, 0.4) is 0 Å². The van der Waals surface area contributed by atoms with Gasteiger partial charge in [0.05, 0.1) is 26.4 Å². The molecule has 1 unspecified atom stereocenters. The zero-order valence-electron chi connectivity index (χ0n) is 17.3. The quantitative estimate of drug-likeness (QED) is 0.205. The Bertz CT molecular complexity index is 531. The van der Waals surface area contributed by atoms with Crippen molar-refractivity contribution in [3.8, 4) is 0 Å². The van der Waals surface area contributed by atoms with E-state index in [0.29, 0.717) is 19.1 Å². The predicted molar refractivity (Wildman–Crippen MR) is 125 cm³/mol. The molecule has 0 bridgehead atoms. The summed E-state index contributed by atoms with van der Waals surface area (Å²) in [5, 5.41) is 3.45. The molecule has 1 atom stereocenters. The Morgan fingerprint density at radius 3 is 2.71 bits per heavy atom. The fourth-order valence-electron chi connectivity index (χ4n) is 3.20. The maximum atomic E-state index is 5.74. The molecule has 0 amide bonds. The lowest BCUT2D eigenvalue weighted by Gasteiger charge is -2.21. The average Bonchev–Trinajstić information content (AvgIpc) is 3.17. The van der Waals surface area contributed by atoms with Crippen molar-refractivity contribution in [2.24, 2.45) is 10.9 Å². The molecule has 7 heteroatoms. The Morgan fingerprint density at radius 1 is 1.14 bits per heavy atom. The van der Waals surface area contributed by atoms with Gasteiger partial charge in [0.1, 0.15) is 0 Å². The molecule has 1 heterocycles. The first-order valence-electron chi connectivity index (χ1n) is 9.97. The number of methoxy groups -OCH3 is 1. The van der Waals surface area contributed by atoms with E-state index in [4.69, 9.17) is 14.2 Å². The summed E-state index contributed by atoms with van der Waals surface area (Å²) < 4.78 is 16.4. The second kappa shape index (κ2) is 16.0. The first-order valence-corrected chi connectivity index (χ1v) is 9.97. The van der Waals surface area contributed by atoms with Gasteiger partial charge in [-0.15, -0.1) is 24.0 Å². The molecule has 2 rings (SSSR count). The number of hydrogen-bond donors (Lipinski definition) is 1. The zero-order chi connectivity index (χ0) is 19.2. The van der Waals surface area contributed by atoms with Crippen molar-refractivity contribution in [1.82, 2.24) is 10.2 Å². The predicted octanol–water partition coefficient (Wildman–Crippen LogP) is 2.81. The molecule has 0 spiro atoms. The molecule has 1 fully saturated rings. The smallest absolute Gasteiger partial charge is 0.193 e. The molecule has 0 aromatic heterocycles. The third-order valence-corrected chi connectivity index (χ3v) is 4.71. The lowest BCUT2D eigenvalue weighted by Crippen LogP contribution is -2.40. The van der Waals surface area contributed by atoms with Gasteiger partial charge >= 0.3 is 0 Å². The monoisotopic (exact) mass is 505 g/mol. The van der Waals surface area contributed by atoms with Gasteiger partial charge in [0.25, 0.3) is 0 Å². The van der Waals surface area contributed by atoms with Crippen molar-refractivity contribution < 1.29 is 14.2 Å². The van der Waals surface area contributed by atoms with Gasteiger partial charge in [-0.2, -0.15) is 0 Å². The van der Waals surface area contributed by atoms with Gasteiger partial charge in [0.15, 0.2) is 5.96 Å². The van der Waals surface area contributed by atoms with Crippen LogP contribution in [-0.2, 0) is 20.6 Å². The maximum Gasteiger partial charge on any atom is 0.193 e. The van der Waals surface area contributed by atoms with Crippen molar-refractivity contribution in [3.05, 3.63) is 35.9 Å². The van der Waals surface area contributed by atoms with E-state index in [0.717, 1.165) is 64.7 Å². The number of nitrogens with one attached hydrogen (secondary N) is 1. The SMILES string of the molecule is CN=C(NCCCOCCc1ccccc1)N1CCC(COCCOC)C1.I. The molecule has 1 saturated heterocycles. The van der Waals surface area contributed by atoms with Crippen LogP contribution in [0.25, 0.3) is 0 Å². The number of halogens is 1. The normalized spacial score (nSPS) is 16.9. The molecule has 1 N–H and O–H groups in total. The number of benzene rings is 1. The first-order chi connectivity index (χ1) is 13.3. The van der Waals surface area contributed by atoms with E-state index in [9.17, 15) is 0 Å². The van der Waals surface area contributed by atoms with Crippen molar-refractivity contribution in [2.75, 3.05) is 66.8 Å². The van der Waals surface area contributed by atoms with Gasteiger partial charge in [-0.1, -0.05) is 30.3 Å². The van der Waals surface area contributed by atoms with Gasteiger partial charge in [-0.3, -0.25) is 4.99 Å². The number of nitrogens with zero attached hydrogens (tertiary/aromatic N) is 2. The van der Waals surface area contributed by atoms with E-state index in [1.807, 2.05) is 13.1 Å². The first kappa shape index (κ1) is 25.1. The third-order valence-electron chi connectivity index (χ3n) is 4.71. The van der Waals surface area contributed by atoms with Crippen molar-refractivity contribution in [3.63, 3.8) is 0 Å². The standard InChI is InChI=1S/C21H35N3O3.HI/c1-22-21(24-12-9-20(17-24)18-27-16-15-25-2)23-11-6-13-26-14-10-19-7-4-3-5-8-19;/h3-5,7-8,20H,6,9-18H2,1-2H3,(H,22,23);1H. The summed E-state index contributed by atoms with van der Waals surface area (Å²) in [6.45, 7) is 6.58. The zero-order valence-corrected chi connectivity index (χ0v) is 19.6. The highest BCUT2D eigenvalue weighted by Crippen LogP contribution is 2.16. The van der Waals surface area contributed by atoms with Crippen LogP contribution in [0, 0.1) is 5.92 Å². The molecule has 6 nitrogen and oxygen atoms in total. The molecule has 0 radical (unpaired) electrons. The van der Waals surface area contributed by atoms with Crippen LogP contribution in [0.15, 0.2) is 35.3 Å². The van der Waals surface area contributed by atoms with Crippen molar-refractivity contribution in [1.29, 1.82) is 0 Å². The lowest BCUT2D eigenvalue weighted by molar-refractivity contribution is 0.0536. The number of rotatable bonds is 12. The molecule has 1 aliphatic rings. The van der Waals surface area contributed by atoms with E-state index in [2.05, 4.69) is 39.5 Å². The minimum Gasteiger partial charge on any atom is -0.382 e. The maximum absolute atomic E-state index is 5.74. The highest BCUT2D eigenvalue weighted by molar-refractivity contribution is 14.0. The van der Waals surface area contributed by atoms with E-state index in [1.54, 1.807) is 7.11 Å². The van der Waals surface area contributed by atoms with Gasteiger partial charge in [0, 0.05) is 46.3 Å². The molecule has 1 aliphatic heterocycles. The Hall–Kier alpha value is -0.900. The Labute approximate surface area is 187 Å². The minimum absolute atomic E-state index is 0. The van der Waals surface area contributed by atoms with E-state index >= 15 is 0 Å². The van der Waals surface area contributed by atoms with Crippen LogP contribution >= 0.6 is 24.0 Å². The van der Waals surface area contributed by atoms with Crippen LogP contribution in [0.1, 0.15) is 18.4 Å². The molecular weight excluding hydrogens is 469 g/mol. The van der Waals surface area contributed by atoms with Crippen LogP contribution in [0.5, 0.6) is 0 Å². The van der Waals surface area contributed by atoms with Crippen LogP contribution in [0.2, 0.25) is 0 Å². The second-order valence-corrected chi connectivity index (χ2v) is 6.84. The number of hydrogen-bond acceptors (Lipinski definition) is 4. The minimum atomic E-state index is 0. The van der Waals surface area contributed by atoms with Crippen LogP contribution in [0.4, 0.5) is 0 Å². The van der Waals surface area contributed by atoms with Gasteiger partial charge in [-0.25, -0.2) is 0 Å². The molecule has 160 valence electrons. The molecule has 1 aromatic rings. The fraction of sp³-hybridized carbons (Fsp3) is 0.667. The molecular formula is C21H36IN3O3. The summed E-state index contributed by atoms with van der Waals surface area (Å²) in [5.41, 5.74) is 1.32. The number of likely N-dealkylation sites (tertiary alicyclic amines) is 1. The van der Waals surface area contributed by atoms with E-state index in [-0.39, 0.29) is 24.0 Å². The number of aliphatic imine (C=N–C) groups is 1. The topological polar surface area (TPSA) is 55.3 Å². The summed E-state index contributed by atoms with van der Waals surface area (Å²) in [5.74, 6) is 1.56. The average molecular weight is 505 g/mol. The molecule has 28 heavy (non-hydrogen) atoms.